The van der Waals surface area contributed by atoms with Gasteiger partial charge in [0.05, 0.1) is 5.51 Å². The lowest BCUT2D eigenvalue weighted by atomic mass is 10.2. The van der Waals surface area contributed by atoms with Crippen LogP contribution in [0.2, 0.25) is 0 Å². The van der Waals surface area contributed by atoms with Crippen molar-refractivity contribution in [3.05, 3.63) is 35.3 Å². The molecule has 3 N–H and O–H groups in total. The molecule has 1 saturated heterocycles. The van der Waals surface area contributed by atoms with Crippen LogP contribution >= 0.6 is 11.3 Å². The standard InChI is InChI=1S/C18H21N7OS/c1-11-3-5-13(6-4-11)21-18(26)25-8-7-24(9-12(25)2)15-14-16(27-10-20-14)23-17(19)22-15/h3-6,10,12H,7-9H2,1-2H3,(H,21,26)(H2,19,22,23). The Balaban J connectivity index is 1.48. The molecule has 4 rings (SSSR count). The Morgan fingerprint density at radius 1 is 1.26 bits per heavy atom. The molecule has 9 heteroatoms. The van der Waals surface area contributed by atoms with E-state index < -0.39 is 0 Å². The topological polar surface area (TPSA) is 100 Å². The first-order valence-electron chi connectivity index (χ1n) is 8.77. The lowest BCUT2D eigenvalue weighted by Gasteiger charge is -2.40. The Morgan fingerprint density at radius 3 is 2.78 bits per heavy atom. The SMILES string of the molecule is Cc1ccc(NC(=O)N2CCN(c3nc(N)nc4scnc34)CC2C)cc1. The van der Waals surface area contributed by atoms with Gasteiger partial charge in [-0.2, -0.15) is 4.98 Å². The number of anilines is 3. The van der Waals surface area contributed by atoms with Crippen molar-refractivity contribution in [3.8, 4) is 0 Å². The Morgan fingerprint density at radius 2 is 2.04 bits per heavy atom. The number of benzene rings is 1. The molecule has 27 heavy (non-hydrogen) atoms. The average Bonchev–Trinajstić information content (AvgIpc) is 3.11. The lowest BCUT2D eigenvalue weighted by molar-refractivity contribution is 0.184. The van der Waals surface area contributed by atoms with Crippen molar-refractivity contribution in [1.29, 1.82) is 0 Å². The summed E-state index contributed by atoms with van der Waals surface area (Å²) in [6, 6.07) is 7.72. The number of nitrogens with one attached hydrogen (secondary N) is 1. The zero-order valence-corrected chi connectivity index (χ0v) is 16.0. The van der Waals surface area contributed by atoms with Gasteiger partial charge < -0.3 is 20.9 Å². The summed E-state index contributed by atoms with van der Waals surface area (Å²) in [5.74, 6) is 0.984. The number of amides is 2. The maximum Gasteiger partial charge on any atom is 0.322 e. The summed E-state index contributed by atoms with van der Waals surface area (Å²) < 4.78 is 0. The Bertz CT molecular complexity index is 972. The number of hydrogen-bond acceptors (Lipinski definition) is 7. The molecule has 0 spiro atoms. The van der Waals surface area contributed by atoms with E-state index in [0.717, 1.165) is 27.4 Å². The molecule has 8 nitrogen and oxygen atoms in total. The van der Waals surface area contributed by atoms with E-state index in [2.05, 4.69) is 25.2 Å². The number of fused-ring (bicyclic) bond motifs is 1. The van der Waals surface area contributed by atoms with E-state index in [-0.39, 0.29) is 18.0 Å². The van der Waals surface area contributed by atoms with Crippen LogP contribution in [0, 0.1) is 6.92 Å². The van der Waals surface area contributed by atoms with Gasteiger partial charge in [-0.15, -0.1) is 11.3 Å². The number of nitrogens with two attached hydrogens (primary N) is 1. The van der Waals surface area contributed by atoms with E-state index in [1.54, 1.807) is 5.51 Å². The van der Waals surface area contributed by atoms with Crippen molar-refractivity contribution in [2.24, 2.45) is 0 Å². The van der Waals surface area contributed by atoms with Crippen LogP contribution in [-0.2, 0) is 0 Å². The molecule has 1 aliphatic heterocycles. The van der Waals surface area contributed by atoms with E-state index in [1.807, 2.05) is 43.0 Å². The molecular weight excluding hydrogens is 362 g/mol. The highest BCUT2D eigenvalue weighted by atomic mass is 32.1. The van der Waals surface area contributed by atoms with Gasteiger partial charge in [-0.1, -0.05) is 17.7 Å². The monoisotopic (exact) mass is 383 g/mol. The quantitative estimate of drug-likeness (QED) is 0.706. The second kappa shape index (κ2) is 6.99. The molecule has 3 aromatic rings. The Labute approximate surface area is 161 Å². The van der Waals surface area contributed by atoms with Gasteiger partial charge in [0.15, 0.2) is 10.6 Å². The number of urea groups is 1. The fraction of sp³-hybridized carbons (Fsp3) is 0.333. The van der Waals surface area contributed by atoms with E-state index in [9.17, 15) is 4.79 Å². The van der Waals surface area contributed by atoms with E-state index >= 15 is 0 Å². The molecule has 1 atom stereocenters. The number of piperazine rings is 1. The summed E-state index contributed by atoms with van der Waals surface area (Å²) in [6.45, 7) is 5.96. The number of hydrogen-bond donors (Lipinski definition) is 2. The zero-order chi connectivity index (χ0) is 19.0. The zero-order valence-electron chi connectivity index (χ0n) is 15.2. The third-order valence-corrected chi connectivity index (χ3v) is 5.41. The van der Waals surface area contributed by atoms with Crippen LogP contribution in [0.3, 0.4) is 0 Å². The largest absolute Gasteiger partial charge is 0.368 e. The minimum absolute atomic E-state index is 0.0223. The van der Waals surface area contributed by atoms with Crippen LogP contribution in [-0.4, -0.2) is 51.6 Å². The molecule has 1 aromatic carbocycles. The number of thiazole rings is 1. The molecule has 3 heterocycles. The first kappa shape index (κ1) is 17.5. The Hall–Kier alpha value is -2.94. The molecule has 0 radical (unpaired) electrons. The number of aryl methyl sites for hydroxylation is 1. The Kier molecular flexibility index (Phi) is 4.53. The molecule has 1 unspecified atom stereocenters. The van der Waals surface area contributed by atoms with Crippen LogP contribution in [0.4, 0.5) is 22.2 Å². The van der Waals surface area contributed by atoms with Gasteiger partial charge in [0.2, 0.25) is 5.95 Å². The molecule has 0 aliphatic carbocycles. The van der Waals surface area contributed by atoms with Crippen LogP contribution in [0.15, 0.2) is 29.8 Å². The summed E-state index contributed by atoms with van der Waals surface area (Å²) in [5.41, 5.74) is 10.3. The summed E-state index contributed by atoms with van der Waals surface area (Å²) >= 11 is 1.44. The van der Waals surface area contributed by atoms with Crippen molar-refractivity contribution in [3.63, 3.8) is 0 Å². The van der Waals surface area contributed by atoms with Gasteiger partial charge in [0.1, 0.15) is 5.52 Å². The summed E-state index contributed by atoms with van der Waals surface area (Å²) in [6.07, 6.45) is 0. The van der Waals surface area contributed by atoms with Gasteiger partial charge in [-0.05, 0) is 26.0 Å². The number of nitrogen functional groups attached to an aromatic ring is 1. The molecule has 1 fully saturated rings. The normalized spacial score (nSPS) is 17.3. The maximum atomic E-state index is 12.7. The van der Waals surface area contributed by atoms with Gasteiger partial charge >= 0.3 is 6.03 Å². The van der Waals surface area contributed by atoms with E-state index in [4.69, 9.17) is 5.73 Å². The lowest BCUT2D eigenvalue weighted by Crippen LogP contribution is -2.55. The minimum Gasteiger partial charge on any atom is -0.368 e. The highest BCUT2D eigenvalue weighted by molar-refractivity contribution is 7.16. The van der Waals surface area contributed by atoms with Crippen molar-refractivity contribution in [2.75, 3.05) is 35.6 Å². The summed E-state index contributed by atoms with van der Waals surface area (Å²) in [7, 11) is 0. The van der Waals surface area contributed by atoms with Crippen molar-refractivity contribution < 1.29 is 4.79 Å². The van der Waals surface area contributed by atoms with Crippen LogP contribution in [0.1, 0.15) is 12.5 Å². The van der Waals surface area contributed by atoms with Crippen LogP contribution in [0.5, 0.6) is 0 Å². The summed E-state index contributed by atoms with van der Waals surface area (Å²) in [5, 5.41) is 2.97. The fourth-order valence-corrected chi connectivity index (χ4v) is 3.93. The van der Waals surface area contributed by atoms with Gasteiger partial charge in [-0.3, -0.25) is 0 Å². The molecule has 0 saturated carbocycles. The molecular formula is C18H21N7OS. The molecule has 1 aliphatic rings. The molecule has 0 bridgehead atoms. The maximum absolute atomic E-state index is 12.7. The van der Waals surface area contributed by atoms with E-state index in [1.165, 1.54) is 11.3 Å². The van der Waals surface area contributed by atoms with Crippen molar-refractivity contribution >= 4 is 45.2 Å². The third kappa shape index (κ3) is 3.50. The number of carbonyl (C=O) groups is 1. The summed E-state index contributed by atoms with van der Waals surface area (Å²) in [4.78, 5) is 30.4. The van der Waals surface area contributed by atoms with Gasteiger partial charge in [-0.25, -0.2) is 14.8 Å². The number of carbonyl (C=O) groups excluding carboxylic acids is 1. The van der Waals surface area contributed by atoms with Gasteiger partial charge in [0.25, 0.3) is 0 Å². The van der Waals surface area contributed by atoms with Crippen molar-refractivity contribution in [2.45, 2.75) is 19.9 Å². The first-order chi connectivity index (χ1) is 13.0. The molecule has 2 amide bonds. The van der Waals surface area contributed by atoms with E-state index in [0.29, 0.717) is 19.6 Å². The first-order valence-corrected chi connectivity index (χ1v) is 9.65. The highest BCUT2D eigenvalue weighted by Gasteiger charge is 2.29. The number of nitrogens with zero attached hydrogens (tertiary/aromatic N) is 5. The third-order valence-electron chi connectivity index (χ3n) is 4.69. The highest BCUT2D eigenvalue weighted by Crippen LogP contribution is 2.28. The fourth-order valence-electron chi connectivity index (χ4n) is 3.27. The second-order valence-electron chi connectivity index (χ2n) is 6.70. The molecule has 140 valence electrons. The number of rotatable bonds is 2. The second-order valence-corrected chi connectivity index (χ2v) is 7.53. The van der Waals surface area contributed by atoms with Gasteiger partial charge in [0, 0.05) is 31.4 Å². The number of aromatic nitrogens is 3. The van der Waals surface area contributed by atoms with Crippen molar-refractivity contribution in [1.82, 2.24) is 19.9 Å². The smallest absolute Gasteiger partial charge is 0.322 e. The predicted octanol–water partition coefficient (Wildman–Crippen LogP) is 2.72. The van der Waals surface area contributed by atoms with Crippen LogP contribution in [0.25, 0.3) is 10.3 Å². The van der Waals surface area contributed by atoms with Crippen LogP contribution < -0.4 is 16.0 Å². The minimum atomic E-state index is -0.0907. The average molecular weight is 383 g/mol. The predicted molar refractivity (Wildman–Crippen MR) is 108 cm³/mol. The molecule has 2 aromatic heterocycles.